The van der Waals surface area contributed by atoms with Gasteiger partial charge < -0.3 is 14.5 Å². The lowest BCUT2D eigenvalue weighted by molar-refractivity contribution is 0.266. The second-order valence-corrected chi connectivity index (χ2v) is 5.18. The molecule has 20 heavy (non-hydrogen) atoms. The minimum absolute atomic E-state index is 0.414. The summed E-state index contributed by atoms with van der Waals surface area (Å²) in [6, 6.07) is 7.61. The summed E-state index contributed by atoms with van der Waals surface area (Å²) < 4.78 is 11.3. The van der Waals surface area contributed by atoms with E-state index in [4.69, 9.17) is 20.8 Å². The molecule has 1 aromatic carbocycles. The van der Waals surface area contributed by atoms with Gasteiger partial charge in [-0.1, -0.05) is 24.6 Å². The summed E-state index contributed by atoms with van der Waals surface area (Å²) in [5, 5.41) is 4.04. The summed E-state index contributed by atoms with van der Waals surface area (Å²) in [6.45, 7) is 6.36. The minimum atomic E-state index is 0.414. The number of benzene rings is 1. The highest BCUT2D eigenvalue weighted by Gasteiger charge is 2.08. The van der Waals surface area contributed by atoms with Crippen LogP contribution in [0.1, 0.15) is 30.2 Å². The van der Waals surface area contributed by atoms with Crippen LogP contribution in [0.15, 0.2) is 34.9 Å². The molecule has 1 heterocycles. The van der Waals surface area contributed by atoms with Gasteiger partial charge in [0.25, 0.3) is 0 Å². The lowest BCUT2D eigenvalue weighted by Gasteiger charge is -2.09. The average Bonchev–Trinajstić information content (AvgIpc) is 2.88. The Morgan fingerprint density at radius 1 is 1.30 bits per heavy atom. The molecule has 0 radical (unpaired) electrons. The number of ether oxygens (including phenoxy) is 1. The Morgan fingerprint density at radius 3 is 2.95 bits per heavy atom. The van der Waals surface area contributed by atoms with Crippen LogP contribution in [0.25, 0.3) is 0 Å². The van der Waals surface area contributed by atoms with E-state index >= 15 is 0 Å². The fourth-order valence-electron chi connectivity index (χ4n) is 1.92. The Hall–Kier alpha value is -1.45. The van der Waals surface area contributed by atoms with Crippen LogP contribution in [0.2, 0.25) is 5.02 Å². The van der Waals surface area contributed by atoms with Gasteiger partial charge in [-0.25, -0.2) is 0 Å². The predicted octanol–water partition coefficient (Wildman–Crippen LogP) is 4.32. The van der Waals surface area contributed by atoms with Gasteiger partial charge >= 0.3 is 0 Å². The molecule has 0 aliphatic heterocycles. The molecule has 0 fully saturated rings. The molecule has 0 saturated carbocycles. The minimum Gasteiger partial charge on any atom is -0.485 e. The number of rotatable bonds is 7. The standard InChI is InChI=1S/C16H20ClNO2/c1-3-7-18-10-13-6-8-19-16(13)11-20-15-9-14(17)5-4-12(15)2/h4-6,8-9,18H,3,7,10-11H2,1-2H3. The van der Waals surface area contributed by atoms with Crippen LogP contribution in [-0.4, -0.2) is 6.54 Å². The Kier molecular flexibility index (Phi) is 5.50. The largest absolute Gasteiger partial charge is 0.485 e. The van der Waals surface area contributed by atoms with Crippen LogP contribution >= 0.6 is 11.6 Å². The Morgan fingerprint density at radius 2 is 2.15 bits per heavy atom. The van der Waals surface area contributed by atoms with Gasteiger partial charge in [-0.2, -0.15) is 0 Å². The molecule has 0 aliphatic carbocycles. The molecule has 0 atom stereocenters. The van der Waals surface area contributed by atoms with E-state index in [1.165, 1.54) is 0 Å². The van der Waals surface area contributed by atoms with Crippen molar-refractivity contribution in [2.24, 2.45) is 0 Å². The first-order chi connectivity index (χ1) is 9.70. The van der Waals surface area contributed by atoms with Crippen molar-refractivity contribution in [3.8, 4) is 5.75 Å². The van der Waals surface area contributed by atoms with Gasteiger partial charge in [-0.3, -0.25) is 0 Å². The van der Waals surface area contributed by atoms with Gasteiger partial charge in [0.15, 0.2) is 0 Å². The van der Waals surface area contributed by atoms with E-state index in [9.17, 15) is 0 Å². The smallest absolute Gasteiger partial charge is 0.146 e. The monoisotopic (exact) mass is 293 g/mol. The van der Waals surface area contributed by atoms with Crippen LogP contribution in [0, 0.1) is 6.92 Å². The third-order valence-corrected chi connectivity index (χ3v) is 3.32. The van der Waals surface area contributed by atoms with Gasteiger partial charge in [0.2, 0.25) is 0 Å². The van der Waals surface area contributed by atoms with Gasteiger partial charge in [0, 0.05) is 17.1 Å². The molecule has 0 bridgehead atoms. The number of hydrogen-bond donors (Lipinski definition) is 1. The maximum absolute atomic E-state index is 5.98. The van der Waals surface area contributed by atoms with E-state index in [0.29, 0.717) is 11.6 Å². The summed E-state index contributed by atoms with van der Waals surface area (Å²) in [7, 11) is 0. The molecule has 2 aromatic rings. The first-order valence-corrected chi connectivity index (χ1v) is 7.23. The van der Waals surface area contributed by atoms with E-state index in [2.05, 4.69) is 12.2 Å². The van der Waals surface area contributed by atoms with E-state index in [0.717, 1.165) is 42.1 Å². The van der Waals surface area contributed by atoms with Crippen LogP contribution in [0.4, 0.5) is 0 Å². The summed E-state index contributed by atoms with van der Waals surface area (Å²) in [6.07, 6.45) is 2.82. The fourth-order valence-corrected chi connectivity index (χ4v) is 2.09. The molecule has 4 heteroatoms. The third-order valence-electron chi connectivity index (χ3n) is 3.09. The molecular weight excluding hydrogens is 274 g/mol. The lowest BCUT2D eigenvalue weighted by atomic mass is 10.2. The first-order valence-electron chi connectivity index (χ1n) is 6.85. The van der Waals surface area contributed by atoms with Crippen molar-refractivity contribution >= 4 is 11.6 Å². The molecule has 108 valence electrons. The molecule has 3 nitrogen and oxygen atoms in total. The maximum atomic E-state index is 5.98. The number of furan rings is 1. The first kappa shape index (κ1) is 14.9. The second-order valence-electron chi connectivity index (χ2n) is 4.74. The van der Waals surface area contributed by atoms with Crippen LogP contribution in [0.5, 0.6) is 5.75 Å². The molecule has 1 aromatic heterocycles. The molecule has 0 unspecified atom stereocenters. The van der Waals surface area contributed by atoms with Crippen molar-refractivity contribution < 1.29 is 9.15 Å². The Balaban J connectivity index is 1.97. The van der Waals surface area contributed by atoms with Gasteiger partial charge in [0.05, 0.1) is 6.26 Å². The third kappa shape index (κ3) is 4.02. The summed E-state index contributed by atoms with van der Waals surface area (Å²) in [4.78, 5) is 0. The summed E-state index contributed by atoms with van der Waals surface area (Å²) >= 11 is 5.98. The van der Waals surface area contributed by atoms with Crippen LogP contribution < -0.4 is 10.1 Å². The van der Waals surface area contributed by atoms with Crippen molar-refractivity contribution in [2.75, 3.05) is 6.54 Å². The zero-order valence-corrected chi connectivity index (χ0v) is 12.7. The molecule has 0 amide bonds. The molecule has 1 N–H and O–H groups in total. The molecule has 0 saturated heterocycles. The van der Waals surface area contributed by atoms with E-state index in [1.807, 2.05) is 31.2 Å². The summed E-state index contributed by atoms with van der Waals surface area (Å²) in [5.41, 5.74) is 2.20. The van der Waals surface area contributed by atoms with E-state index in [1.54, 1.807) is 6.26 Å². The number of hydrogen-bond acceptors (Lipinski definition) is 3. The van der Waals surface area contributed by atoms with Crippen molar-refractivity contribution in [2.45, 2.75) is 33.4 Å². The fraction of sp³-hybridized carbons (Fsp3) is 0.375. The van der Waals surface area contributed by atoms with Crippen molar-refractivity contribution in [1.29, 1.82) is 0 Å². The predicted molar refractivity (Wildman–Crippen MR) is 81.2 cm³/mol. The topological polar surface area (TPSA) is 34.4 Å². The highest BCUT2D eigenvalue weighted by atomic mass is 35.5. The lowest BCUT2D eigenvalue weighted by Crippen LogP contribution is -2.14. The highest BCUT2D eigenvalue weighted by Crippen LogP contribution is 2.24. The number of halogens is 1. The normalized spacial score (nSPS) is 10.8. The number of nitrogens with one attached hydrogen (secondary N) is 1. The highest BCUT2D eigenvalue weighted by molar-refractivity contribution is 6.30. The van der Waals surface area contributed by atoms with Crippen LogP contribution in [0.3, 0.4) is 0 Å². The van der Waals surface area contributed by atoms with Crippen molar-refractivity contribution in [1.82, 2.24) is 5.32 Å². The van der Waals surface area contributed by atoms with Crippen molar-refractivity contribution in [3.63, 3.8) is 0 Å². The quantitative estimate of drug-likeness (QED) is 0.772. The SMILES string of the molecule is CCCNCc1ccoc1COc1cc(Cl)ccc1C. The maximum Gasteiger partial charge on any atom is 0.146 e. The van der Waals surface area contributed by atoms with E-state index in [-0.39, 0.29) is 0 Å². The molecular formula is C16H20ClNO2. The average molecular weight is 294 g/mol. The zero-order chi connectivity index (χ0) is 14.4. The summed E-state index contributed by atoms with van der Waals surface area (Å²) in [5.74, 6) is 1.65. The second kappa shape index (κ2) is 7.36. The van der Waals surface area contributed by atoms with Gasteiger partial charge in [-0.05, 0) is 43.7 Å². The van der Waals surface area contributed by atoms with Crippen molar-refractivity contribution in [3.05, 3.63) is 52.4 Å². The van der Waals surface area contributed by atoms with Gasteiger partial charge in [-0.15, -0.1) is 0 Å². The van der Waals surface area contributed by atoms with E-state index < -0.39 is 0 Å². The number of aryl methyl sites for hydroxylation is 1. The van der Waals surface area contributed by atoms with Crippen LogP contribution in [-0.2, 0) is 13.2 Å². The van der Waals surface area contributed by atoms with Gasteiger partial charge in [0.1, 0.15) is 18.1 Å². The molecule has 0 spiro atoms. The molecule has 0 aliphatic rings. The Bertz CT molecular complexity index is 551. The Labute approximate surface area is 124 Å². The molecule has 2 rings (SSSR count). The zero-order valence-electron chi connectivity index (χ0n) is 11.9.